The molecule has 0 saturated carbocycles. The summed E-state index contributed by atoms with van der Waals surface area (Å²) >= 11 is 0. The van der Waals surface area contributed by atoms with Gasteiger partial charge >= 0.3 is 39.5 Å². The summed E-state index contributed by atoms with van der Waals surface area (Å²) in [4.78, 5) is 72.3. The zero-order valence-electron chi connectivity index (χ0n) is 55.6. The molecule has 6 atom stereocenters. The number of phosphoric acid groups is 2. The number of unbranched alkanes of at least 4 members (excludes halogenated alkanes) is 35. The van der Waals surface area contributed by atoms with Crippen LogP contribution in [-0.2, 0) is 65.4 Å². The summed E-state index contributed by atoms with van der Waals surface area (Å²) in [6.07, 6.45) is 43.0. The minimum Gasteiger partial charge on any atom is -0.462 e. The van der Waals surface area contributed by atoms with Crippen LogP contribution in [0.2, 0.25) is 0 Å². The van der Waals surface area contributed by atoms with Crippen molar-refractivity contribution in [2.75, 3.05) is 39.6 Å². The van der Waals surface area contributed by atoms with Crippen LogP contribution < -0.4 is 0 Å². The van der Waals surface area contributed by atoms with E-state index in [4.69, 9.17) is 37.0 Å². The van der Waals surface area contributed by atoms with E-state index in [1.807, 2.05) is 0 Å². The first-order valence-corrected chi connectivity index (χ1v) is 38.0. The summed E-state index contributed by atoms with van der Waals surface area (Å²) < 4.78 is 68.1. The molecule has 0 aromatic carbocycles. The van der Waals surface area contributed by atoms with Gasteiger partial charge in [-0.1, -0.05) is 286 Å². The van der Waals surface area contributed by atoms with Gasteiger partial charge in [0.15, 0.2) is 12.2 Å². The first-order chi connectivity index (χ1) is 41.4. The van der Waals surface area contributed by atoms with Crippen molar-refractivity contribution in [3.8, 4) is 0 Å². The third-order valence-electron chi connectivity index (χ3n) is 15.8. The summed E-state index contributed by atoms with van der Waals surface area (Å²) in [5.41, 5.74) is 0. The first kappa shape index (κ1) is 84.1. The van der Waals surface area contributed by atoms with Crippen molar-refractivity contribution in [2.24, 2.45) is 11.8 Å². The lowest BCUT2D eigenvalue weighted by Crippen LogP contribution is -2.30. The largest absolute Gasteiger partial charge is 0.472 e. The van der Waals surface area contributed by atoms with Crippen LogP contribution in [0.1, 0.15) is 337 Å². The maximum Gasteiger partial charge on any atom is 0.472 e. The Morgan fingerprint density at radius 2 is 0.593 bits per heavy atom. The van der Waals surface area contributed by atoms with Gasteiger partial charge in [0, 0.05) is 25.7 Å². The number of phosphoric ester groups is 2. The molecule has 0 fully saturated rings. The minimum atomic E-state index is -4.95. The molecule has 3 unspecified atom stereocenters. The molecule has 0 rings (SSSR count). The molecule has 0 aliphatic carbocycles. The molecule has 510 valence electrons. The first-order valence-electron chi connectivity index (χ1n) is 35.0. The van der Waals surface area contributed by atoms with Crippen LogP contribution in [0.25, 0.3) is 0 Å². The van der Waals surface area contributed by atoms with Crippen molar-refractivity contribution >= 4 is 39.5 Å². The third kappa shape index (κ3) is 59.7. The van der Waals surface area contributed by atoms with E-state index >= 15 is 0 Å². The number of carbonyl (C=O) groups is 4. The lowest BCUT2D eigenvalue weighted by molar-refractivity contribution is -0.161. The van der Waals surface area contributed by atoms with Crippen LogP contribution in [0, 0.1) is 11.8 Å². The van der Waals surface area contributed by atoms with Gasteiger partial charge in [0.05, 0.1) is 26.4 Å². The second kappa shape index (κ2) is 59.4. The second-order valence-corrected chi connectivity index (χ2v) is 27.8. The summed E-state index contributed by atoms with van der Waals surface area (Å²) in [5.74, 6) is -0.617. The van der Waals surface area contributed by atoms with E-state index < -0.39 is 97.5 Å². The molecule has 3 N–H and O–H groups in total. The Hall–Kier alpha value is -1.94. The van der Waals surface area contributed by atoms with Gasteiger partial charge in [-0.15, -0.1) is 0 Å². The van der Waals surface area contributed by atoms with Crippen molar-refractivity contribution in [3.63, 3.8) is 0 Å². The third-order valence-corrected chi connectivity index (χ3v) is 17.7. The molecule has 0 aromatic heterocycles. The van der Waals surface area contributed by atoms with Crippen molar-refractivity contribution in [1.29, 1.82) is 0 Å². The maximum atomic E-state index is 13.0. The average Bonchev–Trinajstić information content (AvgIpc) is 3.66. The van der Waals surface area contributed by atoms with E-state index in [2.05, 4.69) is 41.5 Å². The van der Waals surface area contributed by atoms with Gasteiger partial charge in [0.2, 0.25) is 0 Å². The van der Waals surface area contributed by atoms with Crippen molar-refractivity contribution in [1.82, 2.24) is 0 Å². The lowest BCUT2D eigenvalue weighted by Gasteiger charge is -2.21. The number of aliphatic hydroxyl groups excluding tert-OH is 1. The van der Waals surface area contributed by atoms with E-state index in [0.717, 1.165) is 108 Å². The van der Waals surface area contributed by atoms with E-state index in [-0.39, 0.29) is 25.7 Å². The van der Waals surface area contributed by atoms with Gasteiger partial charge in [-0.05, 0) is 37.5 Å². The number of hydrogen-bond donors (Lipinski definition) is 3. The molecular formula is C67H130O17P2. The molecule has 0 bridgehead atoms. The molecule has 86 heavy (non-hydrogen) atoms. The molecule has 0 aliphatic rings. The molecule has 0 heterocycles. The molecule has 0 radical (unpaired) electrons. The van der Waals surface area contributed by atoms with Gasteiger partial charge in [-0.25, -0.2) is 9.13 Å². The van der Waals surface area contributed by atoms with Gasteiger partial charge in [0.25, 0.3) is 0 Å². The van der Waals surface area contributed by atoms with Crippen molar-refractivity contribution < 1.29 is 80.2 Å². The quantitative estimate of drug-likeness (QED) is 0.0222. The fourth-order valence-electron chi connectivity index (χ4n) is 10.0. The molecule has 0 aliphatic heterocycles. The Morgan fingerprint density at radius 3 is 0.884 bits per heavy atom. The number of ether oxygens (including phenoxy) is 4. The Morgan fingerprint density at radius 1 is 0.337 bits per heavy atom. The zero-order valence-corrected chi connectivity index (χ0v) is 57.4. The van der Waals surface area contributed by atoms with Gasteiger partial charge in [0.1, 0.15) is 19.3 Å². The normalized spacial score (nSPS) is 14.5. The number of hydrogen-bond acceptors (Lipinski definition) is 15. The van der Waals surface area contributed by atoms with Gasteiger partial charge < -0.3 is 33.8 Å². The summed E-state index contributed by atoms with van der Waals surface area (Å²) in [5, 5.41) is 10.6. The second-order valence-electron chi connectivity index (χ2n) is 24.9. The standard InChI is InChI=1S/C67H130O17P2/c1-7-10-12-14-16-18-19-20-21-22-25-33-39-45-51-66(71)83-63(56-78-65(70)50-44-38-32-26-23-24-29-35-41-47-59(4)5)58-82-86(75,76)80-54-61(68)53-79-85(73,74)81-57-62(55-77-64(69)49-43-37-31-17-15-13-11-8-2)84-67(72)52-46-40-34-28-27-30-36-42-48-60(6)9-3/h59-63,68H,7-58H2,1-6H3,(H,73,74)(H,75,76)/t60?,61-,62+,63+/m0/s1. The van der Waals surface area contributed by atoms with Crippen LogP contribution >= 0.6 is 15.6 Å². The highest BCUT2D eigenvalue weighted by Gasteiger charge is 2.30. The summed E-state index contributed by atoms with van der Waals surface area (Å²) in [6, 6.07) is 0. The number of aliphatic hydroxyl groups is 1. The predicted molar refractivity (Wildman–Crippen MR) is 345 cm³/mol. The molecule has 0 aromatic rings. The topological polar surface area (TPSA) is 237 Å². The van der Waals surface area contributed by atoms with Crippen LogP contribution in [0.15, 0.2) is 0 Å². The Labute approximate surface area is 524 Å². The average molecular weight is 1270 g/mol. The summed E-state index contributed by atoms with van der Waals surface area (Å²) in [7, 11) is -9.89. The molecule has 17 nitrogen and oxygen atoms in total. The molecular weight excluding hydrogens is 1140 g/mol. The van der Waals surface area contributed by atoms with Gasteiger partial charge in [-0.2, -0.15) is 0 Å². The smallest absolute Gasteiger partial charge is 0.462 e. The minimum absolute atomic E-state index is 0.105. The zero-order chi connectivity index (χ0) is 63.6. The van der Waals surface area contributed by atoms with E-state index in [0.29, 0.717) is 25.7 Å². The van der Waals surface area contributed by atoms with Crippen LogP contribution in [0.3, 0.4) is 0 Å². The van der Waals surface area contributed by atoms with Crippen molar-refractivity contribution in [2.45, 2.75) is 355 Å². The predicted octanol–water partition coefficient (Wildman–Crippen LogP) is 18.8. The molecule has 19 heteroatoms. The lowest BCUT2D eigenvalue weighted by atomic mass is 9.99. The van der Waals surface area contributed by atoms with Crippen molar-refractivity contribution in [3.05, 3.63) is 0 Å². The molecule has 0 saturated heterocycles. The highest BCUT2D eigenvalue weighted by atomic mass is 31.2. The van der Waals surface area contributed by atoms with E-state index in [9.17, 15) is 43.2 Å². The van der Waals surface area contributed by atoms with Gasteiger partial charge in [-0.3, -0.25) is 37.3 Å². The highest BCUT2D eigenvalue weighted by Crippen LogP contribution is 2.45. The van der Waals surface area contributed by atoms with E-state index in [1.54, 1.807) is 0 Å². The SMILES string of the molecule is CCCCCCCCCCCCCCCCC(=O)O[C@H](COC(=O)CCCCCCCCCCCC(C)C)COP(=O)(O)OC[C@@H](O)COP(=O)(O)OC[C@@H](COC(=O)CCCCCCCCCC)OC(=O)CCCCCCCCCCC(C)CC. The Kier molecular flexibility index (Phi) is 58.0. The highest BCUT2D eigenvalue weighted by molar-refractivity contribution is 7.47. The van der Waals surface area contributed by atoms with Crippen LogP contribution in [0.5, 0.6) is 0 Å². The Bertz CT molecular complexity index is 1690. The molecule has 0 spiro atoms. The molecule has 0 amide bonds. The number of carbonyl (C=O) groups excluding carboxylic acids is 4. The fourth-order valence-corrected chi connectivity index (χ4v) is 11.6. The van der Waals surface area contributed by atoms with Crippen LogP contribution in [0.4, 0.5) is 0 Å². The Balaban J connectivity index is 5.24. The number of esters is 4. The van der Waals surface area contributed by atoms with E-state index in [1.165, 1.54) is 148 Å². The van der Waals surface area contributed by atoms with Crippen LogP contribution in [-0.4, -0.2) is 96.7 Å². The number of rotatable bonds is 66. The fraction of sp³-hybridized carbons (Fsp3) is 0.940. The monoisotopic (exact) mass is 1270 g/mol. The summed E-state index contributed by atoms with van der Waals surface area (Å²) in [6.45, 7) is 9.48. The maximum absolute atomic E-state index is 13.0.